The predicted molar refractivity (Wildman–Crippen MR) is 97.4 cm³/mol. The van der Waals surface area contributed by atoms with E-state index in [2.05, 4.69) is 5.32 Å². The third kappa shape index (κ3) is 5.35. The number of benzene rings is 2. The van der Waals surface area contributed by atoms with Crippen LogP contribution in [0, 0.1) is 0 Å². The van der Waals surface area contributed by atoms with Crippen LogP contribution in [0.15, 0.2) is 47.4 Å². The summed E-state index contributed by atoms with van der Waals surface area (Å²) in [4.78, 5) is 0.0315. The molecule has 0 bridgehead atoms. The van der Waals surface area contributed by atoms with Crippen molar-refractivity contribution in [2.24, 2.45) is 0 Å². The van der Waals surface area contributed by atoms with Gasteiger partial charge in [0.2, 0.25) is 0 Å². The van der Waals surface area contributed by atoms with E-state index >= 15 is 0 Å². The van der Waals surface area contributed by atoms with E-state index in [9.17, 15) is 8.42 Å². The van der Waals surface area contributed by atoms with Crippen molar-refractivity contribution in [1.29, 1.82) is 0 Å². The Kier molecular flexibility index (Phi) is 7.26. The second-order valence-electron chi connectivity index (χ2n) is 5.37. The van der Waals surface area contributed by atoms with Crippen LogP contribution in [-0.2, 0) is 21.4 Å². The van der Waals surface area contributed by atoms with E-state index < -0.39 is 10.1 Å². The molecule has 0 aliphatic carbocycles. The zero-order valence-electron chi connectivity index (χ0n) is 15.0. The first-order chi connectivity index (χ1) is 12.5. The molecule has 0 atom stereocenters. The number of rotatable bonds is 10. The van der Waals surface area contributed by atoms with Crippen LogP contribution in [0.1, 0.15) is 5.56 Å². The van der Waals surface area contributed by atoms with Crippen molar-refractivity contribution >= 4 is 10.1 Å². The Morgan fingerprint density at radius 1 is 0.923 bits per heavy atom. The normalized spacial score (nSPS) is 11.2. The molecular formula is C18H23NO6S. The van der Waals surface area contributed by atoms with Gasteiger partial charge >= 0.3 is 10.1 Å². The molecule has 0 aliphatic rings. The lowest BCUT2D eigenvalue weighted by atomic mass is 10.2. The molecule has 0 amide bonds. The highest BCUT2D eigenvalue weighted by Crippen LogP contribution is 2.31. The molecular weight excluding hydrogens is 358 g/mol. The zero-order chi connectivity index (χ0) is 19.0. The molecule has 8 heteroatoms. The SMILES string of the molecule is COCCNCc1ccc(OC)c(OS(=O)(=O)c2ccc(OC)cc2)c1. The lowest BCUT2D eigenvalue weighted by Gasteiger charge is -2.13. The van der Waals surface area contributed by atoms with Gasteiger partial charge in [0.05, 0.1) is 20.8 Å². The molecule has 0 heterocycles. The van der Waals surface area contributed by atoms with E-state index in [1.54, 1.807) is 31.4 Å². The summed E-state index contributed by atoms with van der Waals surface area (Å²) in [6, 6.07) is 11.1. The average Bonchev–Trinajstić information content (AvgIpc) is 2.65. The molecule has 7 nitrogen and oxygen atoms in total. The minimum Gasteiger partial charge on any atom is -0.497 e. The Bertz CT molecular complexity index is 805. The minimum absolute atomic E-state index is 0.0315. The fraction of sp³-hybridized carbons (Fsp3) is 0.333. The zero-order valence-corrected chi connectivity index (χ0v) is 15.8. The van der Waals surface area contributed by atoms with Gasteiger partial charge in [0.25, 0.3) is 0 Å². The second kappa shape index (κ2) is 9.42. The molecule has 26 heavy (non-hydrogen) atoms. The maximum Gasteiger partial charge on any atom is 0.339 e. The summed E-state index contributed by atoms with van der Waals surface area (Å²) in [5.74, 6) is 1.03. The van der Waals surface area contributed by atoms with Crippen molar-refractivity contribution < 1.29 is 26.8 Å². The standard InChI is InChI=1S/C18H23NO6S/c1-22-11-10-19-13-14-4-9-17(24-3)18(12-14)25-26(20,21)16-7-5-15(23-2)6-8-16/h4-9,12,19H,10-11,13H2,1-3H3. The third-order valence-corrected chi connectivity index (χ3v) is 4.84. The Hall–Kier alpha value is -2.29. The van der Waals surface area contributed by atoms with Crippen molar-refractivity contribution in [3.8, 4) is 17.2 Å². The first-order valence-corrected chi connectivity index (χ1v) is 9.36. The van der Waals surface area contributed by atoms with Crippen molar-refractivity contribution in [2.75, 3.05) is 34.5 Å². The molecule has 0 fully saturated rings. The summed E-state index contributed by atoms with van der Waals surface area (Å²) in [6.45, 7) is 1.82. The Labute approximate surface area is 154 Å². The van der Waals surface area contributed by atoms with Crippen LogP contribution in [-0.4, -0.2) is 42.9 Å². The molecule has 0 saturated carbocycles. The first-order valence-electron chi connectivity index (χ1n) is 7.95. The van der Waals surface area contributed by atoms with Crippen LogP contribution >= 0.6 is 0 Å². The lowest BCUT2D eigenvalue weighted by molar-refractivity contribution is 0.199. The fourth-order valence-electron chi connectivity index (χ4n) is 2.21. The van der Waals surface area contributed by atoms with Gasteiger partial charge in [0, 0.05) is 20.2 Å². The highest BCUT2D eigenvalue weighted by atomic mass is 32.2. The van der Waals surface area contributed by atoms with Gasteiger partial charge in [0.1, 0.15) is 10.6 Å². The summed E-state index contributed by atoms with van der Waals surface area (Å²) in [5, 5.41) is 3.19. The Morgan fingerprint density at radius 3 is 2.27 bits per heavy atom. The van der Waals surface area contributed by atoms with Gasteiger partial charge in [-0.1, -0.05) is 6.07 Å². The van der Waals surface area contributed by atoms with Crippen LogP contribution in [0.3, 0.4) is 0 Å². The average molecular weight is 381 g/mol. The molecule has 2 rings (SSSR count). The maximum atomic E-state index is 12.5. The first kappa shape index (κ1) is 20.0. The summed E-state index contributed by atoms with van der Waals surface area (Å²) in [5.41, 5.74) is 0.863. The van der Waals surface area contributed by atoms with E-state index in [-0.39, 0.29) is 10.6 Å². The van der Waals surface area contributed by atoms with Crippen LogP contribution in [0.25, 0.3) is 0 Å². The minimum atomic E-state index is -3.99. The summed E-state index contributed by atoms with van der Waals surface area (Å²) in [6.07, 6.45) is 0. The van der Waals surface area contributed by atoms with Crippen LogP contribution < -0.4 is 19.0 Å². The molecule has 2 aromatic carbocycles. The maximum absolute atomic E-state index is 12.5. The molecule has 0 unspecified atom stereocenters. The molecule has 1 N–H and O–H groups in total. The molecule has 0 spiro atoms. The highest BCUT2D eigenvalue weighted by Gasteiger charge is 2.19. The van der Waals surface area contributed by atoms with Crippen molar-refractivity contribution in [3.63, 3.8) is 0 Å². The molecule has 0 aromatic heterocycles. The monoisotopic (exact) mass is 381 g/mol. The molecule has 0 aliphatic heterocycles. The number of ether oxygens (including phenoxy) is 3. The van der Waals surface area contributed by atoms with Crippen molar-refractivity contribution in [2.45, 2.75) is 11.4 Å². The number of nitrogens with one attached hydrogen (secondary N) is 1. The summed E-state index contributed by atoms with van der Waals surface area (Å²) < 4.78 is 45.6. The van der Waals surface area contributed by atoms with Gasteiger partial charge in [-0.15, -0.1) is 0 Å². The highest BCUT2D eigenvalue weighted by molar-refractivity contribution is 7.87. The Balaban J connectivity index is 2.19. The van der Waals surface area contributed by atoms with Gasteiger partial charge < -0.3 is 23.7 Å². The van der Waals surface area contributed by atoms with E-state index in [1.165, 1.54) is 26.4 Å². The van der Waals surface area contributed by atoms with E-state index in [0.717, 1.165) is 5.56 Å². The molecule has 2 aromatic rings. The van der Waals surface area contributed by atoms with E-state index in [0.29, 0.717) is 31.2 Å². The molecule has 142 valence electrons. The lowest BCUT2D eigenvalue weighted by Crippen LogP contribution is -2.18. The van der Waals surface area contributed by atoms with Crippen molar-refractivity contribution in [1.82, 2.24) is 5.32 Å². The fourth-order valence-corrected chi connectivity index (χ4v) is 3.14. The van der Waals surface area contributed by atoms with Crippen LogP contribution in [0.2, 0.25) is 0 Å². The largest absolute Gasteiger partial charge is 0.497 e. The molecule has 0 radical (unpaired) electrons. The number of hydrogen-bond acceptors (Lipinski definition) is 7. The quantitative estimate of drug-likeness (QED) is 0.499. The van der Waals surface area contributed by atoms with Gasteiger partial charge in [-0.25, -0.2) is 0 Å². The Morgan fingerprint density at radius 2 is 1.65 bits per heavy atom. The van der Waals surface area contributed by atoms with Gasteiger partial charge in [0.15, 0.2) is 11.5 Å². The predicted octanol–water partition coefficient (Wildman–Crippen LogP) is 2.21. The topological polar surface area (TPSA) is 83.1 Å². The van der Waals surface area contributed by atoms with Gasteiger partial charge in [-0.05, 0) is 42.0 Å². The third-order valence-electron chi connectivity index (χ3n) is 3.59. The summed E-state index contributed by atoms with van der Waals surface area (Å²) >= 11 is 0. The van der Waals surface area contributed by atoms with Crippen LogP contribution in [0.5, 0.6) is 17.2 Å². The smallest absolute Gasteiger partial charge is 0.339 e. The summed E-state index contributed by atoms with van der Waals surface area (Å²) in [7, 11) is 0.605. The molecule has 0 saturated heterocycles. The number of methoxy groups -OCH3 is 3. The van der Waals surface area contributed by atoms with Gasteiger partial charge in [-0.2, -0.15) is 8.42 Å². The van der Waals surface area contributed by atoms with Crippen molar-refractivity contribution in [3.05, 3.63) is 48.0 Å². The second-order valence-corrected chi connectivity index (χ2v) is 6.91. The van der Waals surface area contributed by atoms with E-state index in [1.807, 2.05) is 6.07 Å². The van der Waals surface area contributed by atoms with Gasteiger partial charge in [-0.3, -0.25) is 0 Å². The van der Waals surface area contributed by atoms with Crippen LogP contribution in [0.4, 0.5) is 0 Å². The van der Waals surface area contributed by atoms with E-state index in [4.69, 9.17) is 18.4 Å². The number of hydrogen-bond donors (Lipinski definition) is 1.